The molecule has 0 saturated carbocycles. The van der Waals surface area contributed by atoms with E-state index in [1.54, 1.807) is 6.20 Å². The van der Waals surface area contributed by atoms with Crippen molar-refractivity contribution < 1.29 is 19.2 Å². The topological polar surface area (TPSA) is 149 Å². The predicted molar refractivity (Wildman–Crippen MR) is 94.5 cm³/mol. The van der Waals surface area contributed by atoms with Crippen LogP contribution in [0.5, 0.6) is 0 Å². The Morgan fingerprint density at radius 2 is 1.96 bits per heavy atom. The molecule has 1 heterocycles. The second-order valence-corrected chi connectivity index (χ2v) is 6.92. The smallest absolute Gasteiger partial charge is 0.221 e. The molecule has 0 aliphatic carbocycles. The third-order valence-electron chi connectivity index (χ3n) is 3.61. The fraction of sp³-hybridized carbons (Fsp3) is 0.562. The molecule has 0 aromatic carbocycles. The lowest BCUT2D eigenvalue weighted by atomic mass is 9.97. The molecular weight excluding hydrogens is 344 g/mol. The Labute approximate surface area is 150 Å². The van der Waals surface area contributed by atoms with Gasteiger partial charge in [0.2, 0.25) is 5.91 Å². The Hall–Kier alpha value is -2.00. The number of primary amides is 1. The van der Waals surface area contributed by atoms with Crippen LogP contribution >= 0.6 is 11.8 Å². The Balaban J connectivity index is 2.71. The number of H-pyrrole nitrogens is 1. The molecule has 25 heavy (non-hydrogen) atoms. The number of thioether (sulfide) groups is 1. The molecule has 1 aromatic rings. The number of carbonyl (C=O) groups excluding carboxylic acids is 4. The third-order valence-corrected chi connectivity index (χ3v) is 4.80. The molecule has 8 nitrogen and oxygen atoms in total. The highest BCUT2D eigenvalue weighted by molar-refractivity contribution is 8.13. The van der Waals surface area contributed by atoms with E-state index in [0.717, 1.165) is 17.5 Å². The minimum Gasteiger partial charge on any atom is -0.369 e. The van der Waals surface area contributed by atoms with Gasteiger partial charge in [-0.3, -0.25) is 14.4 Å². The second kappa shape index (κ2) is 10.8. The number of amides is 1. The molecular formula is C16H24N4O4S. The summed E-state index contributed by atoms with van der Waals surface area (Å²) in [6.45, 7) is 1.61. The zero-order chi connectivity index (χ0) is 18.8. The lowest BCUT2D eigenvalue weighted by Gasteiger charge is -2.16. The van der Waals surface area contributed by atoms with Gasteiger partial charge in [0.1, 0.15) is 11.6 Å². The normalized spacial score (nSPS) is 13.2. The largest absolute Gasteiger partial charge is 0.369 e. The molecule has 0 aliphatic heterocycles. The Morgan fingerprint density at radius 3 is 2.48 bits per heavy atom. The monoisotopic (exact) mass is 368 g/mol. The molecule has 0 spiro atoms. The number of rotatable bonds is 12. The van der Waals surface area contributed by atoms with Crippen LogP contribution < -0.4 is 11.5 Å². The van der Waals surface area contributed by atoms with E-state index < -0.39 is 17.7 Å². The standard InChI is InChI=1S/C16H24N4O4S/c1-10(21)4-12(15(18)23)8-25-16(24)11(6-14(22)2-3-17)5-13-7-19-9-20-13/h7,9,11-12H,2-6,8,17H2,1H3,(H2,18,23)(H,19,20)/t11-,12?/m1/s1. The first-order chi connectivity index (χ1) is 11.8. The van der Waals surface area contributed by atoms with Crippen LogP contribution in [0.1, 0.15) is 31.9 Å². The van der Waals surface area contributed by atoms with E-state index in [9.17, 15) is 19.2 Å². The molecule has 1 rings (SSSR count). The van der Waals surface area contributed by atoms with E-state index in [1.807, 2.05) is 0 Å². The molecule has 0 bridgehead atoms. The van der Waals surface area contributed by atoms with Crippen molar-refractivity contribution in [3.8, 4) is 0 Å². The van der Waals surface area contributed by atoms with Crippen LogP contribution in [0.4, 0.5) is 0 Å². The summed E-state index contributed by atoms with van der Waals surface area (Å²) in [6, 6.07) is 0. The van der Waals surface area contributed by atoms with Crippen molar-refractivity contribution in [2.24, 2.45) is 23.3 Å². The maximum atomic E-state index is 12.5. The van der Waals surface area contributed by atoms with Crippen LogP contribution in [-0.4, -0.2) is 44.9 Å². The van der Waals surface area contributed by atoms with Gasteiger partial charge in [-0.15, -0.1) is 0 Å². The molecule has 1 amide bonds. The van der Waals surface area contributed by atoms with Crippen molar-refractivity contribution in [3.63, 3.8) is 0 Å². The molecule has 0 aliphatic rings. The van der Waals surface area contributed by atoms with Crippen molar-refractivity contribution >= 4 is 34.4 Å². The summed E-state index contributed by atoms with van der Waals surface area (Å²) in [5, 5.41) is -0.213. The highest BCUT2D eigenvalue weighted by atomic mass is 32.2. The predicted octanol–water partition coefficient (Wildman–Crippen LogP) is 0.217. The molecule has 2 atom stereocenters. The highest BCUT2D eigenvalue weighted by Crippen LogP contribution is 2.23. The Bertz CT molecular complexity index is 603. The van der Waals surface area contributed by atoms with Gasteiger partial charge in [0.15, 0.2) is 5.12 Å². The summed E-state index contributed by atoms with van der Waals surface area (Å²) in [4.78, 5) is 53.8. The first-order valence-electron chi connectivity index (χ1n) is 7.97. The van der Waals surface area contributed by atoms with Gasteiger partial charge in [-0.25, -0.2) is 4.98 Å². The van der Waals surface area contributed by atoms with E-state index in [-0.39, 0.29) is 48.2 Å². The minimum absolute atomic E-state index is 0.00688. The molecule has 0 fully saturated rings. The first-order valence-corrected chi connectivity index (χ1v) is 8.96. The quantitative estimate of drug-likeness (QED) is 0.477. The summed E-state index contributed by atoms with van der Waals surface area (Å²) in [5.74, 6) is -1.98. The number of hydrogen-bond acceptors (Lipinski definition) is 7. The number of nitrogens with one attached hydrogen (secondary N) is 1. The van der Waals surface area contributed by atoms with E-state index in [4.69, 9.17) is 11.5 Å². The van der Waals surface area contributed by atoms with Gasteiger partial charge in [0.25, 0.3) is 0 Å². The van der Waals surface area contributed by atoms with Crippen LogP contribution in [-0.2, 0) is 25.6 Å². The third kappa shape index (κ3) is 8.08. The number of nitrogens with zero attached hydrogens (tertiary/aromatic N) is 1. The van der Waals surface area contributed by atoms with Gasteiger partial charge in [-0.1, -0.05) is 11.8 Å². The van der Waals surface area contributed by atoms with Crippen molar-refractivity contribution in [2.75, 3.05) is 12.3 Å². The lowest BCUT2D eigenvalue weighted by molar-refractivity contribution is -0.125. The van der Waals surface area contributed by atoms with Gasteiger partial charge in [-0.2, -0.15) is 0 Å². The van der Waals surface area contributed by atoms with Gasteiger partial charge in [-0.05, 0) is 13.5 Å². The number of hydrogen-bond donors (Lipinski definition) is 3. The van der Waals surface area contributed by atoms with Crippen LogP contribution in [0.2, 0.25) is 0 Å². The summed E-state index contributed by atoms with van der Waals surface area (Å²) in [6.07, 6.45) is 3.74. The van der Waals surface area contributed by atoms with Crippen LogP contribution in [0.15, 0.2) is 12.5 Å². The van der Waals surface area contributed by atoms with Crippen molar-refractivity contribution in [2.45, 2.75) is 32.6 Å². The first kappa shape index (κ1) is 21.0. The fourth-order valence-corrected chi connectivity index (χ4v) is 3.38. The van der Waals surface area contributed by atoms with Gasteiger partial charge < -0.3 is 21.2 Å². The Kier molecular flexibility index (Phi) is 9.07. The minimum atomic E-state index is -0.695. The maximum absolute atomic E-state index is 12.5. The average Bonchev–Trinajstić information content (AvgIpc) is 3.03. The molecule has 1 aromatic heterocycles. The Morgan fingerprint density at radius 1 is 1.24 bits per heavy atom. The van der Waals surface area contributed by atoms with Crippen LogP contribution in [0.3, 0.4) is 0 Å². The van der Waals surface area contributed by atoms with Crippen molar-refractivity contribution in [1.29, 1.82) is 0 Å². The molecule has 0 radical (unpaired) electrons. The summed E-state index contributed by atoms with van der Waals surface area (Å²) < 4.78 is 0. The van der Waals surface area contributed by atoms with Gasteiger partial charge in [0.05, 0.1) is 12.2 Å². The van der Waals surface area contributed by atoms with Gasteiger partial charge >= 0.3 is 0 Å². The SMILES string of the molecule is CC(=O)CC(CSC(=O)[C@@H](CC(=O)CCN)Cc1cnc[nH]1)C(N)=O. The van der Waals surface area contributed by atoms with Crippen molar-refractivity contribution in [1.82, 2.24) is 9.97 Å². The van der Waals surface area contributed by atoms with E-state index >= 15 is 0 Å². The van der Waals surface area contributed by atoms with Crippen molar-refractivity contribution in [3.05, 3.63) is 18.2 Å². The maximum Gasteiger partial charge on any atom is 0.221 e. The molecule has 5 N–H and O–H groups in total. The number of imidazole rings is 1. The second-order valence-electron chi connectivity index (χ2n) is 5.89. The zero-order valence-corrected chi connectivity index (χ0v) is 15.0. The number of aromatic amines is 1. The number of aromatic nitrogens is 2. The fourth-order valence-electron chi connectivity index (χ4n) is 2.33. The molecule has 9 heteroatoms. The van der Waals surface area contributed by atoms with E-state index in [2.05, 4.69) is 9.97 Å². The lowest BCUT2D eigenvalue weighted by Crippen LogP contribution is -2.28. The number of Topliss-reactive ketones (excluding diaryl/α,β-unsaturated/α-hetero) is 2. The summed E-state index contributed by atoms with van der Waals surface area (Å²) in [5.41, 5.74) is 11.4. The number of ketones is 2. The molecule has 0 saturated heterocycles. The molecule has 138 valence electrons. The van der Waals surface area contributed by atoms with Crippen LogP contribution in [0.25, 0.3) is 0 Å². The van der Waals surface area contributed by atoms with Gasteiger partial charge in [0, 0.05) is 49.2 Å². The number of nitrogens with two attached hydrogens (primary N) is 2. The summed E-state index contributed by atoms with van der Waals surface area (Å²) in [7, 11) is 0. The molecule has 1 unspecified atom stereocenters. The summed E-state index contributed by atoms with van der Waals surface area (Å²) >= 11 is 0.935. The average molecular weight is 368 g/mol. The van der Waals surface area contributed by atoms with Crippen LogP contribution in [0, 0.1) is 11.8 Å². The highest BCUT2D eigenvalue weighted by Gasteiger charge is 2.26. The van der Waals surface area contributed by atoms with E-state index in [0.29, 0.717) is 6.42 Å². The van der Waals surface area contributed by atoms with E-state index in [1.165, 1.54) is 13.3 Å². The zero-order valence-electron chi connectivity index (χ0n) is 14.2. The number of carbonyl (C=O) groups is 4.